The van der Waals surface area contributed by atoms with Gasteiger partial charge in [-0.15, -0.1) is 0 Å². The van der Waals surface area contributed by atoms with Crippen LogP contribution in [-0.2, 0) is 0 Å². The van der Waals surface area contributed by atoms with Crippen molar-refractivity contribution < 1.29 is 9.66 Å². The molecule has 0 spiro atoms. The molecule has 0 saturated heterocycles. The number of benzene rings is 2. The highest BCUT2D eigenvalue weighted by molar-refractivity contribution is 5.73. The molecule has 0 bridgehead atoms. The Kier molecular flexibility index (Phi) is 3.05. The molecule has 4 heteroatoms. The fourth-order valence-electron chi connectivity index (χ4n) is 1.59. The lowest BCUT2D eigenvalue weighted by atomic mass is 10.0. The van der Waals surface area contributed by atoms with Gasteiger partial charge in [-0.25, -0.2) is 0 Å². The van der Waals surface area contributed by atoms with E-state index in [1.165, 1.54) is 6.07 Å². The van der Waals surface area contributed by atoms with Crippen molar-refractivity contribution in [2.75, 3.05) is 7.11 Å². The first-order valence-electron chi connectivity index (χ1n) is 5.02. The van der Waals surface area contributed by atoms with Gasteiger partial charge in [-0.3, -0.25) is 10.1 Å². The van der Waals surface area contributed by atoms with E-state index < -0.39 is 4.92 Å². The molecule has 0 atom stereocenters. The van der Waals surface area contributed by atoms with Gasteiger partial charge < -0.3 is 4.74 Å². The van der Waals surface area contributed by atoms with Crippen LogP contribution >= 0.6 is 0 Å². The van der Waals surface area contributed by atoms with Crippen molar-refractivity contribution in [3.05, 3.63) is 58.6 Å². The summed E-state index contributed by atoms with van der Waals surface area (Å²) in [4.78, 5) is 10.5. The summed E-state index contributed by atoms with van der Waals surface area (Å²) in [5.41, 5.74) is 1.25. The van der Waals surface area contributed by atoms with E-state index in [1.807, 2.05) is 0 Å². The molecule has 0 N–H and O–H groups in total. The van der Waals surface area contributed by atoms with Crippen molar-refractivity contribution >= 4 is 5.69 Å². The summed E-state index contributed by atoms with van der Waals surface area (Å²) in [6.07, 6.45) is 0. The maximum atomic E-state index is 10.9. The van der Waals surface area contributed by atoms with Crippen molar-refractivity contribution in [3.63, 3.8) is 0 Å². The first-order valence-corrected chi connectivity index (χ1v) is 5.02. The Morgan fingerprint density at radius 1 is 1.29 bits per heavy atom. The Balaban J connectivity index is 2.56. The van der Waals surface area contributed by atoms with Crippen LogP contribution in [0.2, 0.25) is 0 Å². The molecule has 0 unspecified atom stereocenters. The third kappa shape index (κ3) is 2.25. The number of ether oxygens (including phenoxy) is 1. The Hall–Kier alpha value is -2.36. The van der Waals surface area contributed by atoms with Gasteiger partial charge >= 0.3 is 0 Å². The van der Waals surface area contributed by atoms with E-state index in [0.717, 1.165) is 0 Å². The van der Waals surface area contributed by atoms with Gasteiger partial charge in [0.25, 0.3) is 5.69 Å². The van der Waals surface area contributed by atoms with E-state index in [1.54, 1.807) is 43.5 Å². The second-order valence-corrected chi connectivity index (χ2v) is 3.42. The molecular formula is C13H10NO3. The van der Waals surface area contributed by atoms with Crippen LogP contribution in [-0.4, -0.2) is 12.0 Å². The number of para-hydroxylation sites is 1. The quantitative estimate of drug-likeness (QED) is 0.599. The maximum Gasteiger partial charge on any atom is 0.277 e. The summed E-state index contributed by atoms with van der Waals surface area (Å²) in [6.45, 7) is 0. The van der Waals surface area contributed by atoms with E-state index in [4.69, 9.17) is 4.74 Å². The summed E-state index contributed by atoms with van der Waals surface area (Å²) in [7, 11) is 1.55. The van der Waals surface area contributed by atoms with Gasteiger partial charge in [0.15, 0.2) is 0 Å². The minimum atomic E-state index is -0.400. The second-order valence-electron chi connectivity index (χ2n) is 3.42. The largest absolute Gasteiger partial charge is 0.497 e. The smallest absolute Gasteiger partial charge is 0.277 e. The highest BCUT2D eigenvalue weighted by atomic mass is 16.6. The van der Waals surface area contributed by atoms with E-state index in [0.29, 0.717) is 16.9 Å². The maximum absolute atomic E-state index is 10.9. The van der Waals surface area contributed by atoms with E-state index in [-0.39, 0.29) is 5.69 Å². The van der Waals surface area contributed by atoms with Crippen LogP contribution in [0.25, 0.3) is 11.1 Å². The molecule has 0 saturated carbocycles. The summed E-state index contributed by atoms with van der Waals surface area (Å²) in [5.74, 6) is 0.650. The van der Waals surface area contributed by atoms with Crippen LogP contribution < -0.4 is 4.74 Å². The van der Waals surface area contributed by atoms with Gasteiger partial charge in [-0.1, -0.05) is 18.2 Å². The molecule has 85 valence electrons. The van der Waals surface area contributed by atoms with E-state index in [9.17, 15) is 10.1 Å². The minimum Gasteiger partial charge on any atom is -0.497 e. The van der Waals surface area contributed by atoms with Crippen molar-refractivity contribution in [3.8, 4) is 16.9 Å². The molecule has 0 aromatic heterocycles. The van der Waals surface area contributed by atoms with Gasteiger partial charge in [-0.2, -0.15) is 0 Å². The molecule has 0 amide bonds. The van der Waals surface area contributed by atoms with Crippen molar-refractivity contribution in [1.82, 2.24) is 0 Å². The number of rotatable bonds is 3. The normalized spacial score (nSPS) is 9.94. The standard InChI is InChI=1S/C13H10NO3/c1-17-11-6-4-5-10(9-11)12-7-2-3-8-13(12)14(15)16/h2-4,6-9H,1H3. The monoisotopic (exact) mass is 228 g/mol. The predicted molar refractivity (Wildman–Crippen MR) is 63.9 cm³/mol. The molecule has 17 heavy (non-hydrogen) atoms. The van der Waals surface area contributed by atoms with Crippen LogP contribution in [0.3, 0.4) is 0 Å². The molecule has 0 fully saturated rings. The van der Waals surface area contributed by atoms with Crippen LogP contribution in [0.4, 0.5) is 5.69 Å². The second kappa shape index (κ2) is 4.65. The highest BCUT2D eigenvalue weighted by Crippen LogP contribution is 2.30. The van der Waals surface area contributed by atoms with Gasteiger partial charge in [0.2, 0.25) is 0 Å². The molecular weight excluding hydrogens is 218 g/mol. The Labute approximate surface area is 98.6 Å². The zero-order valence-electron chi connectivity index (χ0n) is 9.21. The molecule has 1 radical (unpaired) electrons. The SMILES string of the molecule is COc1cc[c]c(-c2ccccc2[N+](=O)[O-])c1. The van der Waals surface area contributed by atoms with Gasteiger partial charge in [0, 0.05) is 11.6 Å². The number of hydrogen-bond acceptors (Lipinski definition) is 3. The molecule has 2 rings (SSSR count). The van der Waals surface area contributed by atoms with Crippen molar-refractivity contribution in [1.29, 1.82) is 0 Å². The molecule has 2 aromatic rings. The third-order valence-electron chi connectivity index (χ3n) is 2.40. The lowest BCUT2D eigenvalue weighted by Crippen LogP contribution is -1.92. The lowest BCUT2D eigenvalue weighted by molar-refractivity contribution is -0.384. The number of methoxy groups -OCH3 is 1. The number of nitro groups is 1. The third-order valence-corrected chi connectivity index (χ3v) is 2.40. The van der Waals surface area contributed by atoms with Crippen LogP contribution in [0.1, 0.15) is 0 Å². The zero-order chi connectivity index (χ0) is 12.3. The first kappa shape index (κ1) is 11.1. The van der Waals surface area contributed by atoms with E-state index in [2.05, 4.69) is 6.07 Å². The zero-order valence-corrected chi connectivity index (χ0v) is 9.21. The Bertz CT molecular complexity index is 552. The van der Waals surface area contributed by atoms with Crippen molar-refractivity contribution in [2.24, 2.45) is 0 Å². The number of hydrogen-bond donors (Lipinski definition) is 0. The van der Waals surface area contributed by atoms with E-state index >= 15 is 0 Å². The number of nitrogens with zero attached hydrogens (tertiary/aromatic N) is 1. The molecule has 2 aromatic carbocycles. The molecule has 0 aliphatic heterocycles. The molecule has 0 aliphatic rings. The summed E-state index contributed by atoms with van der Waals surface area (Å²) >= 11 is 0. The molecule has 4 nitrogen and oxygen atoms in total. The fourth-order valence-corrected chi connectivity index (χ4v) is 1.59. The van der Waals surface area contributed by atoms with Gasteiger partial charge in [0.05, 0.1) is 17.6 Å². The van der Waals surface area contributed by atoms with Gasteiger partial charge in [-0.05, 0) is 24.3 Å². The minimum absolute atomic E-state index is 0.0667. The molecule has 0 aliphatic carbocycles. The average Bonchev–Trinajstić information content (AvgIpc) is 2.39. The highest BCUT2D eigenvalue weighted by Gasteiger charge is 2.14. The lowest BCUT2D eigenvalue weighted by Gasteiger charge is -2.04. The summed E-state index contributed by atoms with van der Waals surface area (Å²) in [5, 5.41) is 10.9. The van der Waals surface area contributed by atoms with Gasteiger partial charge in [0.1, 0.15) is 5.75 Å². The van der Waals surface area contributed by atoms with Crippen LogP contribution in [0.15, 0.2) is 42.5 Å². The topological polar surface area (TPSA) is 52.4 Å². The average molecular weight is 228 g/mol. The summed E-state index contributed by atoms with van der Waals surface area (Å²) in [6, 6.07) is 14.7. The predicted octanol–water partition coefficient (Wildman–Crippen LogP) is 3.07. The first-order chi connectivity index (χ1) is 8.22. The van der Waals surface area contributed by atoms with Crippen molar-refractivity contribution in [2.45, 2.75) is 0 Å². The fraction of sp³-hybridized carbons (Fsp3) is 0.0769. The molecule has 0 heterocycles. The number of nitro benzene ring substituents is 1. The van der Waals surface area contributed by atoms with Crippen LogP contribution in [0, 0.1) is 16.2 Å². The Morgan fingerprint density at radius 3 is 2.76 bits per heavy atom. The van der Waals surface area contributed by atoms with Crippen LogP contribution in [0.5, 0.6) is 5.75 Å². The Morgan fingerprint density at radius 2 is 2.06 bits per heavy atom. The summed E-state index contributed by atoms with van der Waals surface area (Å²) < 4.78 is 5.09.